The zero-order valence-electron chi connectivity index (χ0n) is 17.2. The van der Waals surface area contributed by atoms with Crippen molar-refractivity contribution in [2.75, 3.05) is 38.7 Å². The van der Waals surface area contributed by atoms with Gasteiger partial charge in [0.15, 0.2) is 11.7 Å². The molecule has 154 valence electrons. The van der Waals surface area contributed by atoms with Gasteiger partial charge in [-0.2, -0.15) is 0 Å². The first-order valence-corrected chi connectivity index (χ1v) is 10.4. The molecule has 29 heavy (non-hydrogen) atoms. The fourth-order valence-corrected chi connectivity index (χ4v) is 4.17. The zero-order chi connectivity index (χ0) is 21.0. The second kappa shape index (κ2) is 9.33. The molecule has 3 aromatic rings. The Bertz CT molecular complexity index is 986. The first-order chi connectivity index (χ1) is 13.8. The molecule has 0 saturated heterocycles. The lowest BCUT2D eigenvalue weighted by Crippen LogP contribution is -2.36. The van der Waals surface area contributed by atoms with E-state index in [1.165, 1.54) is 35.6 Å². The number of benzene rings is 2. The lowest BCUT2D eigenvalue weighted by molar-refractivity contribution is -0.120. The minimum absolute atomic E-state index is 0.123. The van der Waals surface area contributed by atoms with E-state index in [9.17, 15) is 9.18 Å². The number of amides is 1. The van der Waals surface area contributed by atoms with E-state index in [0.29, 0.717) is 17.4 Å². The summed E-state index contributed by atoms with van der Waals surface area (Å²) in [5.41, 5.74) is 3.22. The molecular formula is C22H26FN3O2S. The van der Waals surface area contributed by atoms with Gasteiger partial charge in [-0.1, -0.05) is 17.4 Å². The maximum absolute atomic E-state index is 13.1. The Labute approximate surface area is 174 Å². The fraction of sp³-hybridized carbons (Fsp3) is 0.364. The van der Waals surface area contributed by atoms with Gasteiger partial charge in [-0.15, -0.1) is 0 Å². The summed E-state index contributed by atoms with van der Waals surface area (Å²) in [6.45, 7) is 5.41. The van der Waals surface area contributed by atoms with Crippen LogP contribution in [0.15, 0.2) is 36.4 Å². The third-order valence-electron chi connectivity index (χ3n) is 4.50. The van der Waals surface area contributed by atoms with E-state index in [2.05, 4.69) is 17.9 Å². The Morgan fingerprint density at radius 3 is 2.55 bits per heavy atom. The van der Waals surface area contributed by atoms with Crippen LogP contribution < -0.4 is 9.64 Å². The van der Waals surface area contributed by atoms with Crippen LogP contribution in [0, 0.1) is 19.7 Å². The van der Waals surface area contributed by atoms with Gasteiger partial charge in [0.05, 0.1) is 10.2 Å². The van der Waals surface area contributed by atoms with Crippen LogP contribution in [0.25, 0.3) is 10.2 Å². The molecule has 7 heteroatoms. The van der Waals surface area contributed by atoms with Crippen molar-refractivity contribution in [1.29, 1.82) is 0 Å². The Balaban J connectivity index is 1.80. The van der Waals surface area contributed by atoms with Gasteiger partial charge in [-0.25, -0.2) is 9.37 Å². The van der Waals surface area contributed by atoms with Crippen LogP contribution in [0.4, 0.5) is 9.52 Å². The summed E-state index contributed by atoms with van der Waals surface area (Å²) < 4.78 is 19.7. The summed E-state index contributed by atoms with van der Waals surface area (Å²) in [6, 6.07) is 9.83. The predicted octanol–water partition coefficient (Wildman–Crippen LogP) is 4.42. The summed E-state index contributed by atoms with van der Waals surface area (Å²) in [7, 11) is 4.02. The number of carbonyl (C=O) groups excluding carboxylic acids is 1. The normalized spacial score (nSPS) is 11.2. The van der Waals surface area contributed by atoms with E-state index in [1.54, 1.807) is 4.90 Å². The second-order valence-corrected chi connectivity index (χ2v) is 8.35. The number of carbonyl (C=O) groups is 1. The van der Waals surface area contributed by atoms with Crippen LogP contribution in [0.1, 0.15) is 17.5 Å². The van der Waals surface area contributed by atoms with Gasteiger partial charge in [-0.05, 0) is 82.4 Å². The molecule has 2 aromatic carbocycles. The summed E-state index contributed by atoms with van der Waals surface area (Å²) in [5.74, 6) is -0.0422. The van der Waals surface area contributed by atoms with Gasteiger partial charge in [0.1, 0.15) is 11.6 Å². The number of aromatic nitrogens is 1. The molecule has 3 rings (SSSR count). The number of anilines is 1. The van der Waals surface area contributed by atoms with Gasteiger partial charge in [-0.3, -0.25) is 9.69 Å². The lowest BCUT2D eigenvalue weighted by atomic mass is 10.1. The second-order valence-electron chi connectivity index (χ2n) is 7.37. The Hall–Kier alpha value is -2.51. The quantitative estimate of drug-likeness (QED) is 0.547. The fourth-order valence-electron chi connectivity index (χ4n) is 3.11. The molecule has 0 unspecified atom stereocenters. The van der Waals surface area contributed by atoms with E-state index in [0.717, 1.165) is 34.3 Å². The van der Waals surface area contributed by atoms with Crippen molar-refractivity contribution in [3.05, 3.63) is 53.3 Å². The van der Waals surface area contributed by atoms with Crippen LogP contribution in [0.5, 0.6) is 5.75 Å². The average molecular weight is 416 g/mol. The standard InChI is InChI=1S/C22H26FN3O2S/c1-15-12-16(2)21-19(13-15)24-22(29-21)26(11-5-10-25(3)4)20(27)14-28-18-8-6-17(23)7-9-18/h6-9,12-13H,5,10-11,14H2,1-4H3. The van der Waals surface area contributed by atoms with Gasteiger partial charge in [0.2, 0.25) is 0 Å². The van der Waals surface area contributed by atoms with Crippen LogP contribution in [-0.4, -0.2) is 49.6 Å². The largest absolute Gasteiger partial charge is 0.484 e. The molecule has 1 heterocycles. The molecular weight excluding hydrogens is 389 g/mol. The average Bonchev–Trinajstić information content (AvgIpc) is 3.08. The van der Waals surface area contributed by atoms with Crippen molar-refractivity contribution in [1.82, 2.24) is 9.88 Å². The Morgan fingerprint density at radius 2 is 1.86 bits per heavy atom. The number of ether oxygens (including phenoxy) is 1. The third kappa shape index (κ3) is 5.52. The highest BCUT2D eigenvalue weighted by molar-refractivity contribution is 7.22. The van der Waals surface area contributed by atoms with Gasteiger partial charge in [0, 0.05) is 6.54 Å². The van der Waals surface area contributed by atoms with E-state index >= 15 is 0 Å². The SMILES string of the molecule is Cc1cc(C)c2sc(N(CCCN(C)C)C(=O)COc3ccc(F)cc3)nc2c1. The van der Waals surface area contributed by atoms with E-state index in [1.807, 2.05) is 27.1 Å². The van der Waals surface area contributed by atoms with Crippen LogP contribution in [0.2, 0.25) is 0 Å². The minimum Gasteiger partial charge on any atom is -0.484 e. The molecule has 0 fully saturated rings. The van der Waals surface area contributed by atoms with Crippen molar-refractivity contribution < 1.29 is 13.9 Å². The first-order valence-electron chi connectivity index (χ1n) is 9.55. The highest BCUT2D eigenvalue weighted by Gasteiger charge is 2.21. The number of halogens is 1. The summed E-state index contributed by atoms with van der Waals surface area (Å²) in [5, 5.41) is 0.681. The maximum Gasteiger partial charge on any atom is 0.266 e. The van der Waals surface area contributed by atoms with Crippen LogP contribution in [-0.2, 0) is 4.79 Å². The topological polar surface area (TPSA) is 45.7 Å². The Morgan fingerprint density at radius 1 is 1.14 bits per heavy atom. The predicted molar refractivity (Wildman–Crippen MR) is 117 cm³/mol. The number of thiazole rings is 1. The zero-order valence-corrected chi connectivity index (χ0v) is 18.1. The molecule has 0 saturated carbocycles. The van der Waals surface area contributed by atoms with Crippen molar-refractivity contribution in [2.24, 2.45) is 0 Å². The highest BCUT2D eigenvalue weighted by atomic mass is 32.1. The summed E-state index contributed by atoms with van der Waals surface area (Å²) in [4.78, 5) is 21.5. The highest BCUT2D eigenvalue weighted by Crippen LogP contribution is 2.32. The summed E-state index contributed by atoms with van der Waals surface area (Å²) >= 11 is 1.53. The van der Waals surface area contributed by atoms with Crippen molar-refractivity contribution in [3.8, 4) is 5.75 Å². The molecule has 0 atom stereocenters. The lowest BCUT2D eigenvalue weighted by Gasteiger charge is -2.21. The molecule has 0 aliphatic carbocycles. The molecule has 1 aromatic heterocycles. The number of fused-ring (bicyclic) bond motifs is 1. The maximum atomic E-state index is 13.1. The van der Waals surface area contributed by atoms with Crippen molar-refractivity contribution in [2.45, 2.75) is 20.3 Å². The number of aryl methyl sites for hydroxylation is 2. The van der Waals surface area contributed by atoms with Crippen LogP contribution >= 0.6 is 11.3 Å². The molecule has 5 nitrogen and oxygen atoms in total. The molecule has 0 N–H and O–H groups in total. The number of rotatable bonds is 8. The molecule has 0 aliphatic heterocycles. The van der Waals surface area contributed by atoms with Gasteiger partial charge >= 0.3 is 0 Å². The third-order valence-corrected chi connectivity index (χ3v) is 5.73. The number of hydrogen-bond acceptors (Lipinski definition) is 5. The molecule has 0 spiro atoms. The smallest absolute Gasteiger partial charge is 0.266 e. The molecule has 0 bridgehead atoms. The van der Waals surface area contributed by atoms with Crippen LogP contribution in [0.3, 0.4) is 0 Å². The van der Waals surface area contributed by atoms with Crippen molar-refractivity contribution in [3.63, 3.8) is 0 Å². The van der Waals surface area contributed by atoms with E-state index < -0.39 is 0 Å². The first kappa shape index (κ1) is 21.2. The number of nitrogens with zero attached hydrogens (tertiary/aromatic N) is 3. The molecule has 0 radical (unpaired) electrons. The number of hydrogen-bond donors (Lipinski definition) is 0. The monoisotopic (exact) mass is 415 g/mol. The van der Waals surface area contributed by atoms with Gasteiger partial charge < -0.3 is 9.64 Å². The van der Waals surface area contributed by atoms with E-state index in [-0.39, 0.29) is 18.3 Å². The Kier molecular flexibility index (Phi) is 6.82. The van der Waals surface area contributed by atoms with E-state index in [4.69, 9.17) is 9.72 Å². The van der Waals surface area contributed by atoms with Gasteiger partial charge in [0.25, 0.3) is 5.91 Å². The molecule has 0 aliphatic rings. The minimum atomic E-state index is -0.339. The summed E-state index contributed by atoms with van der Waals surface area (Å²) in [6.07, 6.45) is 0.823. The molecule has 1 amide bonds. The van der Waals surface area contributed by atoms with Crippen molar-refractivity contribution >= 4 is 32.6 Å².